The highest BCUT2D eigenvalue weighted by molar-refractivity contribution is 5.39. The molecular formula is C9H15N3O. The van der Waals surface area contributed by atoms with Gasteiger partial charge in [-0.05, 0) is 13.8 Å². The zero-order chi connectivity index (χ0) is 9.64. The van der Waals surface area contributed by atoms with Crippen LogP contribution in [0.15, 0.2) is 0 Å². The van der Waals surface area contributed by atoms with Crippen LogP contribution in [0.5, 0.6) is 5.88 Å². The highest BCUT2D eigenvalue weighted by atomic mass is 16.5. The number of nitrogens with one attached hydrogen (secondary N) is 1. The summed E-state index contributed by atoms with van der Waals surface area (Å²) in [6.45, 7) is 5.11. The maximum absolute atomic E-state index is 5.28. The Bertz CT molecular complexity index is 341. The molecule has 1 aromatic rings. The summed E-state index contributed by atoms with van der Waals surface area (Å²) in [4.78, 5) is 0. The average molecular weight is 181 g/mol. The van der Waals surface area contributed by atoms with Gasteiger partial charge in [-0.1, -0.05) is 0 Å². The third-order valence-electron chi connectivity index (χ3n) is 2.58. The van der Waals surface area contributed by atoms with Crippen LogP contribution < -0.4 is 10.1 Å². The molecule has 4 heteroatoms. The summed E-state index contributed by atoms with van der Waals surface area (Å²) in [7, 11) is 3.59. The van der Waals surface area contributed by atoms with Crippen molar-refractivity contribution in [3.8, 4) is 5.88 Å². The minimum absolute atomic E-state index is 0.0239. The minimum Gasteiger partial charge on any atom is -0.481 e. The Kier molecular flexibility index (Phi) is 1.63. The van der Waals surface area contributed by atoms with E-state index in [4.69, 9.17) is 4.74 Å². The fourth-order valence-electron chi connectivity index (χ4n) is 1.86. The topological polar surface area (TPSA) is 39.1 Å². The number of aromatic nitrogens is 2. The molecule has 4 nitrogen and oxygen atoms in total. The summed E-state index contributed by atoms with van der Waals surface area (Å²) in [6, 6.07) is 0. The van der Waals surface area contributed by atoms with Crippen LogP contribution in [0.1, 0.15) is 25.1 Å². The highest BCUT2D eigenvalue weighted by Gasteiger charge is 2.35. The van der Waals surface area contributed by atoms with E-state index in [0.29, 0.717) is 0 Å². The predicted octanol–water partition coefficient (Wildman–Crippen LogP) is 0.767. The third-order valence-corrected chi connectivity index (χ3v) is 2.58. The van der Waals surface area contributed by atoms with Crippen molar-refractivity contribution in [3.05, 3.63) is 11.3 Å². The summed E-state index contributed by atoms with van der Waals surface area (Å²) < 4.78 is 7.08. The van der Waals surface area contributed by atoms with Crippen molar-refractivity contribution >= 4 is 0 Å². The zero-order valence-corrected chi connectivity index (χ0v) is 8.51. The van der Waals surface area contributed by atoms with Gasteiger partial charge in [0.05, 0.1) is 23.9 Å². The van der Waals surface area contributed by atoms with Crippen LogP contribution in [0, 0.1) is 0 Å². The lowest BCUT2D eigenvalue weighted by atomic mass is 10.0. The van der Waals surface area contributed by atoms with Crippen molar-refractivity contribution in [2.45, 2.75) is 25.9 Å². The Hall–Kier alpha value is -1.03. The van der Waals surface area contributed by atoms with E-state index in [1.165, 1.54) is 5.56 Å². The zero-order valence-electron chi connectivity index (χ0n) is 8.51. The van der Waals surface area contributed by atoms with Crippen molar-refractivity contribution in [1.29, 1.82) is 0 Å². The number of hydrogen-bond acceptors (Lipinski definition) is 3. The molecular weight excluding hydrogens is 166 g/mol. The summed E-state index contributed by atoms with van der Waals surface area (Å²) >= 11 is 0. The molecule has 2 rings (SSSR count). The molecule has 72 valence electrons. The molecule has 0 aromatic carbocycles. The van der Waals surface area contributed by atoms with Gasteiger partial charge in [-0.2, -0.15) is 5.10 Å². The fraction of sp³-hybridized carbons (Fsp3) is 0.667. The van der Waals surface area contributed by atoms with E-state index in [2.05, 4.69) is 24.3 Å². The molecule has 0 unspecified atom stereocenters. The quantitative estimate of drug-likeness (QED) is 0.695. The molecule has 0 fully saturated rings. The molecule has 0 saturated heterocycles. The monoisotopic (exact) mass is 181 g/mol. The number of rotatable bonds is 1. The van der Waals surface area contributed by atoms with Gasteiger partial charge in [-0.25, -0.2) is 4.68 Å². The van der Waals surface area contributed by atoms with Gasteiger partial charge in [-0.3, -0.25) is 0 Å². The molecule has 0 atom stereocenters. The molecule has 1 N–H and O–H groups in total. The Balaban J connectivity index is 2.56. The van der Waals surface area contributed by atoms with E-state index in [1.54, 1.807) is 11.8 Å². The molecule has 2 heterocycles. The maximum Gasteiger partial charge on any atom is 0.216 e. The van der Waals surface area contributed by atoms with Crippen LogP contribution in [0.4, 0.5) is 0 Å². The second kappa shape index (κ2) is 2.48. The maximum atomic E-state index is 5.28. The summed E-state index contributed by atoms with van der Waals surface area (Å²) in [5.41, 5.74) is 2.27. The van der Waals surface area contributed by atoms with Crippen molar-refractivity contribution in [1.82, 2.24) is 15.1 Å². The number of ether oxygens (including phenoxy) is 1. The predicted molar refractivity (Wildman–Crippen MR) is 49.6 cm³/mol. The minimum atomic E-state index is -0.0239. The first-order valence-corrected chi connectivity index (χ1v) is 4.41. The van der Waals surface area contributed by atoms with Crippen LogP contribution in [0.25, 0.3) is 0 Å². The molecule has 0 aliphatic carbocycles. The number of fused-ring (bicyclic) bond motifs is 1. The third kappa shape index (κ3) is 1.05. The van der Waals surface area contributed by atoms with Gasteiger partial charge < -0.3 is 10.1 Å². The normalized spacial score (nSPS) is 18.8. The molecule has 0 amide bonds. The molecule has 0 saturated carbocycles. The van der Waals surface area contributed by atoms with E-state index >= 15 is 0 Å². The van der Waals surface area contributed by atoms with Crippen LogP contribution in [-0.4, -0.2) is 16.9 Å². The summed E-state index contributed by atoms with van der Waals surface area (Å²) in [5.74, 6) is 0.869. The Labute approximate surface area is 77.9 Å². The first-order valence-electron chi connectivity index (χ1n) is 4.41. The number of nitrogens with zero attached hydrogens (tertiary/aromatic N) is 2. The van der Waals surface area contributed by atoms with Gasteiger partial charge in [-0.15, -0.1) is 0 Å². The van der Waals surface area contributed by atoms with Crippen LogP contribution >= 0.6 is 0 Å². The van der Waals surface area contributed by atoms with E-state index in [0.717, 1.165) is 18.1 Å². The standard InChI is InChI=1S/C9H15N3O/c1-9(2)7-6(5-10-9)8(13-4)12(3)11-7/h10H,5H2,1-4H3. The smallest absolute Gasteiger partial charge is 0.216 e. The Morgan fingerprint density at radius 2 is 2.23 bits per heavy atom. The van der Waals surface area contributed by atoms with Gasteiger partial charge in [0, 0.05) is 13.6 Å². The van der Waals surface area contributed by atoms with Crippen LogP contribution in [0.3, 0.4) is 0 Å². The lowest BCUT2D eigenvalue weighted by Crippen LogP contribution is -2.30. The van der Waals surface area contributed by atoms with E-state index in [1.807, 2.05) is 7.05 Å². The lowest BCUT2D eigenvalue weighted by Gasteiger charge is -2.16. The number of methoxy groups -OCH3 is 1. The largest absolute Gasteiger partial charge is 0.481 e. The molecule has 1 aliphatic rings. The van der Waals surface area contributed by atoms with Crippen molar-refractivity contribution in [3.63, 3.8) is 0 Å². The van der Waals surface area contributed by atoms with Crippen LogP contribution in [0.2, 0.25) is 0 Å². The van der Waals surface area contributed by atoms with Gasteiger partial charge in [0.1, 0.15) is 0 Å². The second-order valence-corrected chi connectivity index (χ2v) is 3.94. The number of aryl methyl sites for hydroxylation is 1. The highest BCUT2D eigenvalue weighted by Crippen LogP contribution is 2.34. The molecule has 0 radical (unpaired) electrons. The van der Waals surface area contributed by atoms with Gasteiger partial charge in [0.2, 0.25) is 5.88 Å². The van der Waals surface area contributed by atoms with Gasteiger partial charge >= 0.3 is 0 Å². The summed E-state index contributed by atoms with van der Waals surface area (Å²) in [5, 5.41) is 7.83. The summed E-state index contributed by atoms with van der Waals surface area (Å²) in [6.07, 6.45) is 0. The molecule has 13 heavy (non-hydrogen) atoms. The van der Waals surface area contributed by atoms with Crippen molar-refractivity contribution < 1.29 is 4.74 Å². The van der Waals surface area contributed by atoms with Crippen molar-refractivity contribution in [2.24, 2.45) is 7.05 Å². The average Bonchev–Trinajstić information content (AvgIpc) is 2.50. The second-order valence-electron chi connectivity index (χ2n) is 3.94. The Morgan fingerprint density at radius 1 is 1.54 bits per heavy atom. The molecule has 1 aliphatic heterocycles. The van der Waals surface area contributed by atoms with Crippen LogP contribution in [-0.2, 0) is 19.1 Å². The molecule has 0 spiro atoms. The molecule has 0 bridgehead atoms. The van der Waals surface area contributed by atoms with E-state index in [9.17, 15) is 0 Å². The van der Waals surface area contributed by atoms with Crippen molar-refractivity contribution in [2.75, 3.05) is 7.11 Å². The SMILES string of the molecule is COc1c2c(nn1C)C(C)(C)NC2. The fourth-order valence-corrected chi connectivity index (χ4v) is 1.86. The Morgan fingerprint density at radius 3 is 2.85 bits per heavy atom. The van der Waals surface area contributed by atoms with Gasteiger partial charge in [0.25, 0.3) is 0 Å². The van der Waals surface area contributed by atoms with Gasteiger partial charge in [0.15, 0.2) is 0 Å². The number of hydrogen-bond donors (Lipinski definition) is 1. The lowest BCUT2D eigenvalue weighted by molar-refractivity contribution is 0.359. The first kappa shape index (κ1) is 8.56. The first-order chi connectivity index (χ1) is 6.06. The molecule has 1 aromatic heterocycles. The van der Waals surface area contributed by atoms with E-state index in [-0.39, 0.29) is 5.54 Å². The van der Waals surface area contributed by atoms with E-state index < -0.39 is 0 Å².